The van der Waals surface area contributed by atoms with Gasteiger partial charge >= 0.3 is 11.9 Å². The largest absolute Gasteiger partial charge is 0.465 e. The van der Waals surface area contributed by atoms with Crippen LogP contribution in [0.25, 0.3) is 0 Å². The number of ether oxygens (including phenoxy) is 5. The molecule has 3 saturated heterocycles. The van der Waals surface area contributed by atoms with E-state index in [0.29, 0.717) is 0 Å². The van der Waals surface area contributed by atoms with Crippen molar-refractivity contribution in [1.29, 1.82) is 0 Å². The van der Waals surface area contributed by atoms with E-state index < -0.39 is 29.9 Å². The molecule has 6 atom stereocenters. The molecule has 0 radical (unpaired) electrons. The van der Waals surface area contributed by atoms with E-state index in [1.165, 1.54) is 0 Å². The van der Waals surface area contributed by atoms with E-state index in [1.54, 1.807) is 25.6 Å². The summed E-state index contributed by atoms with van der Waals surface area (Å²) in [5.74, 6) is -2.24. The second kappa shape index (κ2) is 8.47. The fourth-order valence-electron chi connectivity index (χ4n) is 4.40. The molecule has 3 rings (SSSR count). The highest BCUT2D eigenvalue weighted by atomic mass is 32.2. The number of rotatable bonds is 7. The lowest BCUT2D eigenvalue weighted by Crippen LogP contribution is -2.50. The van der Waals surface area contributed by atoms with Crippen molar-refractivity contribution in [3.63, 3.8) is 0 Å². The summed E-state index contributed by atoms with van der Waals surface area (Å²) in [5.41, 5.74) is 0. The molecule has 0 spiro atoms. The van der Waals surface area contributed by atoms with Gasteiger partial charge in [-0.25, -0.2) is 0 Å². The molecule has 0 aliphatic carbocycles. The molecule has 0 aromatic heterocycles. The minimum Gasteiger partial charge on any atom is -0.465 e. The van der Waals surface area contributed by atoms with Gasteiger partial charge in [-0.3, -0.25) is 14.5 Å². The van der Waals surface area contributed by atoms with Crippen LogP contribution < -0.4 is 0 Å². The van der Waals surface area contributed by atoms with Gasteiger partial charge in [0.15, 0.2) is 11.7 Å². The fourth-order valence-corrected chi connectivity index (χ4v) is 5.58. The number of carbonyl (C=O) groups excluding carboxylic acids is 2. The molecule has 8 nitrogen and oxygen atoms in total. The Hall–Kier alpha value is -0.870. The molecular formula is C19H31NO7S. The molecule has 0 N–H and O–H groups in total. The Bertz CT molecular complexity index is 583. The van der Waals surface area contributed by atoms with E-state index in [0.717, 1.165) is 5.75 Å². The minimum absolute atomic E-state index is 0.0944. The van der Waals surface area contributed by atoms with Gasteiger partial charge in [0.2, 0.25) is 0 Å². The number of esters is 2. The Morgan fingerprint density at radius 2 is 1.64 bits per heavy atom. The van der Waals surface area contributed by atoms with Gasteiger partial charge in [-0.1, -0.05) is 6.92 Å². The number of thioether (sulfide) groups is 1. The number of hydrogen-bond donors (Lipinski definition) is 0. The van der Waals surface area contributed by atoms with E-state index >= 15 is 0 Å². The van der Waals surface area contributed by atoms with Gasteiger partial charge in [0.05, 0.1) is 30.7 Å². The maximum absolute atomic E-state index is 12.7. The molecule has 0 aromatic carbocycles. The SMILES string of the molecule is CCOC(=O)C(C(=O)OCC)[C@H]1O[C@@H](C)[C@@H]2[C@H]3OC(C)(C)O[C@H]3[C@H](SCC)N21. The fraction of sp³-hybridized carbons (Fsp3) is 0.895. The van der Waals surface area contributed by atoms with E-state index in [1.807, 2.05) is 20.8 Å². The van der Waals surface area contributed by atoms with Gasteiger partial charge in [-0.2, -0.15) is 0 Å². The summed E-state index contributed by atoms with van der Waals surface area (Å²) in [6, 6.07) is -0.118. The molecule has 0 unspecified atom stereocenters. The molecule has 0 aromatic rings. The molecule has 3 aliphatic rings. The van der Waals surface area contributed by atoms with Crippen LogP contribution in [-0.4, -0.2) is 77.5 Å². The summed E-state index contributed by atoms with van der Waals surface area (Å²) >= 11 is 1.70. The molecule has 28 heavy (non-hydrogen) atoms. The Morgan fingerprint density at radius 3 is 2.18 bits per heavy atom. The molecule has 0 saturated carbocycles. The number of fused-ring (bicyclic) bond motifs is 3. The van der Waals surface area contributed by atoms with Crippen LogP contribution in [0.15, 0.2) is 0 Å². The second-order valence-electron chi connectivity index (χ2n) is 7.56. The molecule has 3 aliphatic heterocycles. The molecule has 3 heterocycles. The van der Waals surface area contributed by atoms with Crippen LogP contribution in [-0.2, 0) is 33.3 Å². The van der Waals surface area contributed by atoms with Gasteiger partial charge in [-0.05, 0) is 40.4 Å². The van der Waals surface area contributed by atoms with Gasteiger partial charge in [0, 0.05) is 0 Å². The molecule has 160 valence electrons. The maximum atomic E-state index is 12.7. The summed E-state index contributed by atoms with van der Waals surface area (Å²) in [6.07, 6.45) is -1.36. The van der Waals surface area contributed by atoms with Crippen molar-refractivity contribution in [3.8, 4) is 0 Å². The number of nitrogens with zero attached hydrogens (tertiary/aromatic N) is 1. The smallest absolute Gasteiger partial charge is 0.324 e. The van der Waals surface area contributed by atoms with Crippen molar-refractivity contribution < 1.29 is 33.3 Å². The standard InChI is InChI=1S/C19H31NO7S/c1-7-23-17(21)11(18(22)24-8-2)15-20-12(10(4)25-15)13-14(16(20)28-9-3)27-19(5,6)26-13/h10-16H,7-9H2,1-6H3/t10-,12+,13+,14+,15+,16-/m0/s1. The summed E-state index contributed by atoms with van der Waals surface area (Å²) in [5, 5.41) is -0.0944. The normalized spacial score (nSPS) is 36.4. The van der Waals surface area contributed by atoms with Gasteiger partial charge in [0.25, 0.3) is 0 Å². The Labute approximate surface area is 170 Å². The summed E-state index contributed by atoms with van der Waals surface area (Å²) < 4.78 is 28.9. The molecule has 3 fully saturated rings. The van der Waals surface area contributed by atoms with Crippen LogP contribution in [0.1, 0.15) is 41.5 Å². The zero-order valence-corrected chi connectivity index (χ0v) is 18.2. The van der Waals surface area contributed by atoms with Crippen LogP contribution >= 0.6 is 11.8 Å². The van der Waals surface area contributed by atoms with Crippen molar-refractivity contribution in [2.45, 2.75) is 83.3 Å². The summed E-state index contributed by atoms with van der Waals surface area (Å²) in [4.78, 5) is 27.4. The van der Waals surface area contributed by atoms with E-state index in [2.05, 4.69) is 11.8 Å². The predicted molar refractivity (Wildman–Crippen MR) is 102 cm³/mol. The first-order valence-electron chi connectivity index (χ1n) is 9.99. The first kappa shape index (κ1) is 21.8. The topological polar surface area (TPSA) is 83.5 Å². The van der Waals surface area contributed by atoms with Gasteiger partial charge < -0.3 is 23.7 Å². The predicted octanol–water partition coefficient (Wildman–Crippen LogP) is 1.76. The minimum atomic E-state index is -1.17. The van der Waals surface area contributed by atoms with Crippen LogP contribution in [0, 0.1) is 5.92 Å². The molecule has 9 heteroatoms. The summed E-state index contributed by atoms with van der Waals surface area (Å²) in [6.45, 7) is 11.6. The van der Waals surface area contributed by atoms with Crippen LogP contribution in [0.5, 0.6) is 0 Å². The molecule has 0 bridgehead atoms. The zero-order chi connectivity index (χ0) is 20.6. The Morgan fingerprint density at radius 1 is 1.07 bits per heavy atom. The monoisotopic (exact) mass is 417 g/mol. The van der Waals surface area contributed by atoms with Gasteiger partial charge in [-0.15, -0.1) is 11.8 Å². The van der Waals surface area contributed by atoms with Crippen LogP contribution in [0.2, 0.25) is 0 Å². The summed E-state index contributed by atoms with van der Waals surface area (Å²) in [7, 11) is 0. The van der Waals surface area contributed by atoms with Crippen molar-refractivity contribution >= 4 is 23.7 Å². The first-order valence-corrected chi connectivity index (χ1v) is 11.0. The van der Waals surface area contributed by atoms with E-state index in [9.17, 15) is 9.59 Å². The number of carbonyl (C=O) groups is 2. The van der Waals surface area contributed by atoms with Crippen molar-refractivity contribution in [1.82, 2.24) is 4.90 Å². The quantitative estimate of drug-likeness (QED) is 0.454. The van der Waals surface area contributed by atoms with Crippen LogP contribution in [0.3, 0.4) is 0 Å². The third kappa shape index (κ3) is 3.79. The molecular weight excluding hydrogens is 386 g/mol. The average Bonchev–Trinajstić information content (AvgIpc) is 3.18. The molecule has 0 amide bonds. The highest BCUT2D eigenvalue weighted by Gasteiger charge is 2.66. The van der Waals surface area contributed by atoms with E-state index in [-0.39, 0.29) is 42.9 Å². The third-order valence-corrected chi connectivity index (χ3v) is 6.44. The lowest BCUT2D eigenvalue weighted by atomic mass is 10.1. The third-order valence-electron chi connectivity index (χ3n) is 5.25. The lowest BCUT2D eigenvalue weighted by molar-refractivity contribution is -0.178. The highest BCUT2D eigenvalue weighted by Crippen LogP contribution is 2.50. The second-order valence-corrected chi connectivity index (χ2v) is 8.96. The first-order chi connectivity index (χ1) is 13.3. The van der Waals surface area contributed by atoms with E-state index in [4.69, 9.17) is 23.7 Å². The Balaban J connectivity index is 1.94. The van der Waals surface area contributed by atoms with Crippen LogP contribution in [0.4, 0.5) is 0 Å². The van der Waals surface area contributed by atoms with Crippen molar-refractivity contribution in [2.75, 3.05) is 19.0 Å². The highest BCUT2D eigenvalue weighted by molar-refractivity contribution is 7.99. The van der Waals surface area contributed by atoms with Gasteiger partial charge in [0.1, 0.15) is 18.4 Å². The zero-order valence-electron chi connectivity index (χ0n) is 17.4. The number of hydrogen-bond acceptors (Lipinski definition) is 9. The van der Waals surface area contributed by atoms with Crippen molar-refractivity contribution in [2.24, 2.45) is 5.92 Å². The maximum Gasteiger partial charge on any atom is 0.324 e. The average molecular weight is 418 g/mol. The lowest BCUT2D eigenvalue weighted by Gasteiger charge is -2.34. The van der Waals surface area contributed by atoms with Crippen molar-refractivity contribution in [3.05, 3.63) is 0 Å². The Kier molecular flexibility index (Phi) is 6.61.